The molecule has 0 saturated carbocycles. The van der Waals surface area contributed by atoms with E-state index in [2.05, 4.69) is 38.1 Å². The van der Waals surface area contributed by atoms with E-state index in [1.807, 2.05) is 93.6 Å². The molecule has 3 nitrogen and oxygen atoms in total. The Morgan fingerprint density at radius 2 is 1.08 bits per heavy atom. The Hall–Kier alpha value is -3.85. The summed E-state index contributed by atoms with van der Waals surface area (Å²) in [6.45, 7) is 10.5. The van der Waals surface area contributed by atoms with Crippen molar-refractivity contribution in [2.45, 2.75) is 52.6 Å². The van der Waals surface area contributed by atoms with Gasteiger partial charge in [-0.05, 0) is 98.3 Å². The highest BCUT2D eigenvalue weighted by molar-refractivity contribution is 6.09. The normalized spacial score (nSPS) is 12.1. The second-order valence-electron chi connectivity index (χ2n) is 10.2. The van der Waals surface area contributed by atoms with E-state index in [9.17, 15) is 4.79 Å². The highest BCUT2D eigenvalue weighted by atomic mass is 16.5. The van der Waals surface area contributed by atoms with Crippen molar-refractivity contribution in [3.05, 3.63) is 114 Å². The molecule has 3 heteroatoms. The molecule has 0 aliphatic carbocycles. The van der Waals surface area contributed by atoms with Crippen LogP contribution in [0.15, 0.2) is 97.1 Å². The van der Waals surface area contributed by atoms with E-state index in [4.69, 9.17) is 9.47 Å². The summed E-state index contributed by atoms with van der Waals surface area (Å²) in [5.41, 5.74) is 4.60. The van der Waals surface area contributed by atoms with Crippen molar-refractivity contribution >= 4 is 5.78 Å². The van der Waals surface area contributed by atoms with Crippen LogP contribution in [-0.4, -0.2) is 11.4 Å². The minimum atomic E-state index is -0.218. The van der Waals surface area contributed by atoms with E-state index in [0.29, 0.717) is 22.8 Å². The molecule has 0 bridgehead atoms. The summed E-state index contributed by atoms with van der Waals surface area (Å²) in [7, 11) is 0. The van der Waals surface area contributed by atoms with Crippen LogP contribution in [0.4, 0.5) is 0 Å². The highest BCUT2D eigenvalue weighted by Gasteiger charge is 2.12. The fraction of sp³-hybridized carbons (Fsp3) is 0.242. The van der Waals surface area contributed by atoms with Gasteiger partial charge in [0, 0.05) is 11.1 Å². The molecule has 1 atom stereocenters. The van der Waals surface area contributed by atoms with Gasteiger partial charge in [0.15, 0.2) is 5.78 Å². The summed E-state index contributed by atoms with van der Waals surface area (Å²) >= 11 is 0. The largest absolute Gasteiger partial charge is 0.488 e. The van der Waals surface area contributed by atoms with Gasteiger partial charge >= 0.3 is 0 Å². The van der Waals surface area contributed by atoms with E-state index in [0.717, 1.165) is 29.0 Å². The fourth-order valence-corrected chi connectivity index (χ4v) is 3.96. The van der Waals surface area contributed by atoms with Crippen LogP contribution in [0.2, 0.25) is 0 Å². The number of ketones is 1. The third-order valence-electron chi connectivity index (χ3n) is 6.17. The van der Waals surface area contributed by atoms with E-state index >= 15 is 0 Å². The second-order valence-corrected chi connectivity index (χ2v) is 10.2. The van der Waals surface area contributed by atoms with E-state index < -0.39 is 0 Å². The van der Waals surface area contributed by atoms with Crippen molar-refractivity contribution in [3.63, 3.8) is 0 Å². The van der Waals surface area contributed by atoms with Gasteiger partial charge in [0.05, 0.1) is 0 Å². The van der Waals surface area contributed by atoms with E-state index in [1.165, 1.54) is 5.56 Å². The number of carbonyl (C=O) groups excluding carboxylic acids is 1. The van der Waals surface area contributed by atoms with Gasteiger partial charge in [-0.25, -0.2) is 0 Å². The van der Waals surface area contributed by atoms with Crippen molar-refractivity contribution in [1.29, 1.82) is 0 Å². The Morgan fingerprint density at radius 3 is 1.53 bits per heavy atom. The molecule has 0 aliphatic rings. The molecule has 0 radical (unpaired) electrons. The highest BCUT2D eigenvalue weighted by Crippen LogP contribution is 2.28. The van der Waals surface area contributed by atoms with Gasteiger partial charge in [-0.1, -0.05) is 62.4 Å². The number of carbonyl (C=O) groups is 1. The second kappa shape index (κ2) is 10.8. The maximum Gasteiger partial charge on any atom is 0.193 e. The van der Waals surface area contributed by atoms with Crippen LogP contribution in [-0.2, 0) is 0 Å². The lowest BCUT2D eigenvalue weighted by atomic mass is 9.95. The van der Waals surface area contributed by atoms with Crippen LogP contribution in [0, 0.1) is 0 Å². The predicted molar refractivity (Wildman–Crippen MR) is 147 cm³/mol. The molecule has 4 aromatic rings. The molecule has 0 aliphatic heterocycles. The molecule has 0 heterocycles. The van der Waals surface area contributed by atoms with E-state index in [-0.39, 0.29) is 11.4 Å². The molecular weight excluding hydrogens is 444 g/mol. The van der Waals surface area contributed by atoms with Gasteiger partial charge in [0.2, 0.25) is 0 Å². The van der Waals surface area contributed by atoms with Gasteiger partial charge in [0.1, 0.15) is 22.8 Å². The van der Waals surface area contributed by atoms with Crippen LogP contribution in [0.25, 0.3) is 11.1 Å². The Bertz CT molecular complexity index is 1280. The van der Waals surface area contributed by atoms with Crippen LogP contribution in [0.1, 0.15) is 68.4 Å². The smallest absolute Gasteiger partial charge is 0.193 e. The number of rotatable bonds is 8. The molecule has 4 aromatic carbocycles. The van der Waals surface area contributed by atoms with Crippen molar-refractivity contribution < 1.29 is 14.3 Å². The maximum absolute atomic E-state index is 12.9. The summed E-state index contributed by atoms with van der Waals surface area (Å²) in [5, 5.41) is 0. The van der Waals surface area contributed by atoms with Crippen molar-refractivity contribution in [2.75, 3.05) is 0 Å². The summed E-state index contributed by atoms with van der Waals surface area (Å²) in [4.78, 5) is 12.9. The van der Waals surface area contributed by atoms with Crippen molar-refractivity contribution in [2.24, 2.45) is 0 Å². The number of benzene rings is 4. The average Bonchev–Trinajstić information content (AvgIpc) is 2.88. The molecule has 0 aromatic heterocycles. The zero-order chi connectivity index (χ0) is 25.7. The number of hydrogen-bond donors (Lipinski definition) is 0. The zero-order valence-electron chi connectivity index (χ0n) is 21.7. The van der Waals surface area contributed by atoms with Crippen LogP contribution < -0.4 is 9.47 Å². The molecule has 0 amide bonds. The lowest BCUT2D eigenvalue weighted by Crippen LogP contribution is -2.22. The summed E-state index contributed by atoms with van der Waals surface area (Å²) in [5.74, 6) is 2.80. The zero-order valence-corrected chi connectivity index (χ0v) is 21.7. The summed E-state index contributed by atoms with van der Waals surface area (Å²) < 4.78 is 11.9. The molecular formula is C33H34O3. The average molecular weight is 479 g/mol. The van der Waals surface area contributed by atoms with E-state index in [1.54, 1.807) is 0 Å². The topological polar surface area (TPSA) is 35.5 Å². The maximum atomic E-state index is 12.9. The summed E-state index contributed by atoms with van der Waals surface area (Å²) in [6.07, 6.45) is 1.08. The lowest BCUT2D eigenvalue weighted by Gasteiger charge is -2.21. The Labute approximate surface area is 214 Å². The monoisotopic (exact) mass is 478 g/mol. The number of ether oxygens (including phenoxy) is 2. The van der Waals surface area contributed by atoms with Gasteiger partial charge in [0.25, 0.3) is 0 Å². The first-order valence-electron chi connectivity index (χ1n) is 12.5. The Morgan fingerprint density at radius 1 is 0.667 bits per heavy atom. The van der Waals surface area contributed by atoms with Crippen LogP contribution in [0.5, 0.6) is 17.2 Å². The standard InChI is InChI=1S/C33H34O3/c1-6-23(2)24-7-9-27(10-8-24)32(34)28-15-19-30(20-16-28)35-29-17-11-25(12-18-29)26-13-21-31(22-14-26)36-33(3,4)5/h7-23H,6H2,1-5H3. The molecule has 36 heavy (non-hydrogen) atoms. The lowest BCUT2D eigenvalue weighted by molar-refractivity contribution is 0.103. The van der Waals surface area contributed by atoms with Gasteiger partial charge in [-0.3, -0.25) is 4.79 Å². The van der Waals surface area contributed by atoms with Gasteiger partial charge in [-0.2, -0.15) is 0 Å². The van der Waals surface area contributed by atoms with Crippen molar-refractivity contribution in [3.8, 4) is 28.4 Å². The molecule has 1 unspecified atom stereocenters. The fourth-order valence-electron chi connectivity index (χ4n) is 3.96. The molecule has 0 N–H and O–H groups in total. The predicted octanol–water partition coefficient (Wildman–Crippen LogP) is 9.07. The molecule has 4 rings (SSSR count). The quantitative estimate of drug-likeness (QED) is 0.237. The third kappa shape index (κ3) is 6.42. The first-order valence-corrected chi connectivity index (χ1v) is 12.5. The molecule has 0 spiro atoms. The third-order valence-corrected chi connectivity index (χ3v) is 6.17. The molecule has 0 fully saturated rings. The van der Waals surface area contributed by atoms with Gasteiger partial charge in [-0.15, -0.1) is 0 Å². The molecule has 0 saturated heterocycles. The Balaban J connectivity index is 1.38. The molecule has 184 valence electrons. The number of hydrogen-bond acceptors (Lipinski definition) is 3. The van der Waals surface area contributed by atoms with Gasteiger partial charge < -0.3 is 9.47 Å². The minimum Gasteiger partial charge on any atom is -0.488 e. The first kappa shape index (κ1) is 25.2. The van der Waals surface area contributed by atoms with Crippen LogP contribution >= 0.6 is 0 Å². The van der Waals surface area contributed by atoms with Crippen LogP contribution in [0.3, 0.4) is 0 Å². The first-order chi connectivity index (χ1) is 17.2. The summed E-state index contributed by atoms with van der Waals surface area (Å²) in [6, 6.07) is 31.3. The minimum absolute atomic E-state index is 0.0144. The Kier molecular flexibility index (Phi) is 7.59. The SMILES string of the molecule is CCC(C)c1ccc(C(=O)c2ccc(Oc3ccc(-c4ccc(OC(C)(C)C)cc4)cc3)cc2)cc1. The van der Waals surface area contributed by atoms with Crippen molar-refractivity contribution in [1.82, 2.24) is 0 Å².